The molecule has 3 rings (SSSR count). The van der Waals surface area contributed by atoms with Crippen molar-refractivity contribution in [3.8, 4) is 5.75 Å². The summed E-state index contributed by atoms with van der Waals surface area (Å²) in [4.78, 5) is 16.6. The van der Waals surface area contributed by atoms with E-state index < -0.39 is 0 Å². The molecule has 0 bridgehead atoms. The number of hydrogen-bond donors (Lipinski definition) is 1. The molecule has 1 heterocycles. The number of fused-ring (bicyclic) bond motifs is 1. The maximum atomic E-state index is 11.8. The number of unbranched alkanes of at least 4 members (excludes halogenated alkanes) is 1. The number of nitrogens with zero attached hydrogens (tertiary/aromatic N) is 2. The number of nitrogens with one attached hydrogen (secondary N) is 1. The molecule has 1 N–H and O–H groups in total. The van der Waals surface area contributed by atoms with Gasteiger partial charge in [-0.05, 0) is 49.1 Å². The van der Waals surface area contributed by atoms with Gasteiger partial charge in [-0.15, -0.1) is 0 Å². The zero-order valence-electron chi connectivity index (χ0n) is 18.4. The Morgan fingerprint density at radius 2 is 1.87 bits per heavy atom. The van der Waals surface area contributed by atoms with Gasteiger partial charge in [0.1, 0.15) is 11.6 Å². The van der Waals surface area contributed by atoms with Crippen LogP contribution >= 0.6 is 0 Å². The van der Waals surface area contributed by atoms with Crippen LogP contribution in [0, 0.1) is 5.92 Å². The zero-order valence-corrected chi connectivity index (χ0v) is 18.4. The SMILES string of the molecule is CCc1ccc(OCCCCn2c(CCNC(=O)C(C)C)nc3ccccc32)cc1. The Labute approximate surface area is 179 Å². The number of ether oxygens (including phenoxy) is 1. The molecule has 0 atom stereocenters. The Hall–Kier alpha value is -2.82. The van der Waals surface area contributed by atoms with Gasteiger partial charge in [-0.3, -0.25) is 4.79 Å². The van der Waals surface area contributed by atoms with Crippen molar-refractivity contribution in [2.75, 3.05) is 13.2 Å². The van der Waals surface area contributed by atoms with Crippen LogP contribution < -0.4 is 10.1 Å². The summed E-state index contributed by atoms with van der Waals surface area (Å²) in [5.74, 6) is 2.04. The van der Waals surface area contributed by atoms with E-state index >= 15 is 0 Å². The number of benzene rings is 2. The summed E-state index contributed by atoms with van der Waals surface area (Å²) < 4.78 is 8.17. The van der Waals surface area contributed by atoms with E-state index in [2.05, 4.69) is 35.0 Å². The quantitative estimate of drug-likeness (QED) is 0.466. The highest BCUT2D eigenvalue weighted by atomic mass is 16.5. The highest BCUT2D eigenvalue weighted by Crippen LogP contribution is 2.18. The van der Waals surface area contributed by atoms with Crippen molar-refractivity contribution < 1.29 is 9.53 Å². The molecular weight excluding hydrogens is 374 g/mol. The van der Waals surface area contributed by atoms with Crippen LogP contribution in [-0.4, -0.2) is 28.6 Å². The zero-order chi connectivity index (χ0) is 21.3. The predicted molar refractivity (Wildman–Crippen MR) is 122 cm³/mol. The van der Waals surface area contributed by atoms with Gasteiger partial charge < -0.3 is 14.6 Å². The summed E-state index contributed by atoms with van der Waals surface area (Å²) in [5, 5.41) is 2.99. The van der Waals surface area contributed by atoms with Crippen molar-refractivity contribution in [2.45, 2.75) is 53.0 Å². The van der Waals surface area contributed by atoms with Gasteiger partial charge in [0.25, 0.3) is 0 Å². The second kappa shape index (κ2) is 10.8. The molecule has 0 saturated heterocycles. The molecule has 0 radical (unpaired) electrons. The van der Waals surface area contributed by atoms with Crippen molar-refractivity contribution in [1.82, 2.24) is 14.9 Å². The summed E-state index contributed by atoms with van der Waals surface area (Å²) in [7, 11) is 0. The largest absolute Gasteiger partial charge is 0.494 e. The maximum Gasteiger partial charge on any atom is 0.222 e. The number of aryl methyl sites for hydroxylation is 2. The number of hydrogen-bond acceptors (Lipinski definition) is 3. The fourth-order valence-electron chi connectivity index (χ4n) is 3.45. The first-order valence-electron chi connectivity index (χ1n) is 11.0. The number of aromatic nitrogens is 2. The molecule has 30 heavy (non-hydrogen) atoms. The lowest BCUT2D eigenvalue weighted by atomic mass is 10.2. The predicted octanol–water partition coefficient (Wildman–Crippen LogP) is 4.77. The van der Waals surface area contributed by atoms with Crippen LogP contribution in [0.3, 0.4) is 0 Å². The monoisotopic (exact) mass is 407 g/mol. The number of carbonyl (C=O) groups excluding carboxylic acids is 1. The minimum absolute atomic E-state index is 0.00185. The molecule has 0 aliphatic carbocycles. The average molecular weight is 408 g/mol. The van der Waals surface area contributed by atoms with Crippen molar-refractivity contribution in [2.24, 2.45) is 5.92 Å². The van der Waals surface area contributed by atoms with Gasteiger partial charge >= 0.3 is 0 Å². The van der Waals surface area contributed by atoms with Crippen LogP contribution in [0.5, 0.6) is 5.75 Å². The Bertz CT molecular complexity index is 945. The van der Waals surface area contributed by atoms with E-state index in [-0.39, 0.29) is 11.8 Å². The summed E-state index contributed by atoms with van der Waals surface area (Å²) in [6.07, 6.45) is 3.76. The van der Waals surface area contributed by atoms with Crippen LogP contribution in [0.4, 0.5) is 0 Å². The molecule has 160 valence electrons. The van der Waals surface area contributed by atoms with Gasteiger partial charge in [0, 0.05) is 25.4 Å². The lowest BCUT2D eigenvalue weighted by molar-refractivity contribution is -0.123. The number of rotatable bonds is 11. The van der Waals surface area contributed by atoms with E-state index in [9.17, 15) is 4.79 Å². The third-order valence-corrected chi connectivity index (χ3v) is 5.28. The Balaban J connectivity index is 1.54. The minimum Gasteiger partial charge on any atom is -0.494 e. The molecule has 5 nitrogen and oxygen atoms in total. The van der Waals surface area contributed by atoms with Crippen LogP contribution in [0.1, 0.15) is 45.0 Å². The maximum absolute atomic E-state index is 11.8. The molecule has 0 aliphatic rings. The van der Waals surface area contributed by atoms with E-state index in [4.69, 9.17) is 9.72 Å². The third-order valence-electron chi connectivity index (χ3n) is 5.28. The smallest absolute Gasteiger partial charge is 0.222 e. The third kappa shape index (κ3) is 5.85. The molecule has 0 spiro atoms. The van der Waals surface area contributed by atoms with Crippen molar-refractivity contribution >= 4 is 16.9 Å². The summed E-state index contributed by atoms with van der Waals surface area (Å²) >= 11 is 0. The van der Waals surface area contributed by atoms with E-state index in [0.717, 1.165) is 54.8 Å². The Kier molecular flexibility index (Phi) is 7.89. The van der Waals surface area contributed by atoms with Crippen molar-refractivity contribution in [1.29, 1.82) is 0 Å². The Morgan fingerprint density at radius 3 is 2.60 bits per heavy atom. The van der Waals surface area contributed by atoms with Crippen LogP contribution in [0.15, 0.2) is 48.5 Å². The first kappa shape index (κ1) is 21.9. The lowest BCUT2D eigenvalue weighted by Gasteiger charge is -2.11. The summed E-state index contributed by atoms with van der Waals surface area (Å²) in [6.45, 7) is 8.18. The van der Waals surface area contributed by atoms with Crippen LogP contribution in [0.2, 0.25) is 0 Å². The van der Waals surface area contributed by atoms with Gasteiger partial charge in [0.2, 0.25) is 5.91 Å². The summed E-state index contributed by atoms with van der Waals surface area (Å²) in [6, 6.07) is 16.6. The molecule has 0 fully saturated rings. The number of imidazole rings is 1. The molecule has 1 aromatic heterocycles. The molecule has 0 saturated carbocycles. The highest BCUT2D eigenvalue weighted by Gasteiger charge is 2.11. The lowest BCUT2D eigenvalue weighted by Crippen LogP contribution is -2.30. The topological polar surface area (TPSA) is 56.1 Å². The van der Waals surface area contributed by atoms with Gasteiger partial charge in [-0.2, -0.15) is 0 Å². The van der Waals surface area contributed by atoms with Gasteiger partial charge in [-0.1, -0.05) is 45.0 Å². The van der Waals surface area contributed by atoms with Crippen LogP contribution in [0.25, 0.3) is 11.0 Å². The second-order valence-corrected chi connectivity index (χ2v) is 7.92. The number of carbonyl (C=O) groups is 1. The summed E-state index contributed by atoms with van der Waals surface area (Å²) in [5.41, 5.74) is 3.49. The molecule has 5 heteroatoms. The normalized spacial score (nSPS) is 11.2. The molecule has 2 aromatic carbocycles. The van der Waals surface area contributed by atoms with Gasteiger partial charge in [-0.25, -0.2) is 4.98 Å². The average Bonchev–Trinajstić information content (AvgIpc) is 3.11. The second-order valence-electron chi connectivity index (χ2n) is 7.92. The highest BCUT2D eigenvalue weighted by molar-refractivity contribution is 5.78. The van der Waals surface area contributed by atoms with Gasteiger partial charge in [0.05, 0.1) is 17.6 Å². The van der Waals surface area contributed by atoms with Crippen molar-refractivity contribution in [3.05, 3.63) is 59.9 Å². The molecule has 0 aliphatic heterocycles. The molecule has 3 aromatic rings. The Morgan fingerprint density at radius 1 is 1.10 bits per heavy atom. The first-order chi connectivity index (χ1) is 14.6. The molecule has 1 amide bonds. The van der Waals surface area contributed by atoms with Gasteiger partial charge in [0.15, 0.2) is 0 Å². The van der Waals surface area contributed by atoms with E-state index in [1.807, 2.05) is 44.2 Å². The van der Waals surface area contributed by atoms with E-state index in [1.54, 1.807) is 0 Å². The standard InChI is InChI=1S/C25H33N3O2/c1-4-20-11-13-21(14-12-20)30-18-8-7-17-28-23-10-6-5-9-22(23)27-24(28)15-16-26-25(29)19(2)3/h5-6,9-14,19H,4,7-8,15-18H2,1-3H3,(H,26,29). The molecular formula is C25H33N3O2. The fraction of sp³-hybridized carbons (Fsp3) is 0.440. The van der Waals surface area contributed by atoms with E-state index in [0.29, 0.717) is 13.2 Å². The minimum atomic E-state index is 0.00185. The van der Waals surface area contributed by atoms with E-state index in [1.165, 1.54) is 5.56 Å². The van der Waals surface area contributed by atoms with Crippen LogP contribution in [-0.2, 0) is 24.2 Å². The van der Waals surface area contributed by atoms with Crippen molar-refractivity contribution in [3.63, 3.8) is 0 Å². The molecule has 0 unspecified atom stereocenters. The fourth-order valence-corrected chi connectivity index (χ4v) is 3.45. The first-order valence-corrected chi connectivity index (χ1v) is 11.0. The number of para-hydroxylation sites is 2. The number of amides is 1.